The fourth-order valence-corrected chi connectivity index (χ4v) is 2.75. The fraction of sp³-hybridized carbons (Fsp3) is 0.176. The number of ether oxygens (including phenoxy) is 1. The molecule has 0 unspecified atom stereocenters. The predicted octanol–water partition coefficient (Wildman–Crippen LogP) is 3.42. The largest absolute Gasteiger partial charge is 0.452 e. The maximum Gasteiger partial charge on any atom is 0.339 e. The maximum atomic E-state index is 12.1. The Morgan fingerprint density at radius 2 is 1.92 bits per heavy atom. The van der Waals surface area contributed by atoms with Crippen LogP contribution in [0.4, 0.5) is 11.4 Å². The third-order valence-electron chi connectivity index (χ3n) is 3.37. The first-order valence-corrected chi connectivity index (χ1v) is 8.50. The molecule has 2 aromatic carbocycles. The molecule has 0 fully saturated rings. The summed E-state index contributed by atoms with van der Waals surface area (Å²) in [6.45, 7) is 1.11. The summed E-state index contributed by atoms with van der Waals surface area (Å²) in [4.78, 5) is 35.3. The van der Waals surface area contributed by atoms with Gasteiger partial charge in [-0.3, -0.25) is 14.9 Å². The minimum Gasteiger partial charge on any atom is -0.452 e. The molecule has 130 valence electrons. The average molecular weight is 360 g/mol. The number of thioether (sulfide) groups is 1. The molecule has 0 saturated carbocycles. The van der Waals surface area contributed by atoms with Gasteiger partial charge in [-0.25, -0.2) is 4.79 Å². The van der Waals surface area contributed by atoms with Crippen LogP contribution in [0, 0.1) is 17.0 Å². The van der Waals surface area contributed by atoms with E-state index in [2.05, 4.69) is 5.32 Å². The van der Waals surface area contributed by atoms with E-state index in [0.29, 0.717) is 11.1 Å². The SMILES string of the molecule is CSc1ccccc1C(=O)OCC(=O)Nc1c(C)cccc1[N+](=O)[O-]. The Morgan fingerprint density at radius 3 is 2.60 bits per heavy atom. The van der Waals surface area contributed by atoms with E-state index in [1.807, 2.05) is 6.26 Å². The highest BCUT2D eigenvalue weighted by Gasteiger charge is 2.19. The lowest BCUT2D eigenvalue weighted by atomic mass is 10.1. The zero-order valence-corrected chi connectivity index (χ0v) is 14.5. The van der Waals surface area contributed by atoms with Gasteiger partial charge in [0.2, 0.25) is 0 Å². The second kappa shape index (κ2) is 8.29. The first-order valence-electron chi connectivity index (χ1n) is 7.28. The van der Waals surface area contributed by atoms with Crippen LogP contribution in [0.1, 0.15) is 15.9 Å². The standard InChI is InChI=1S/C17H16N2O5S/c1-11-6-5-8-13(19(22)23)16(11)18-15(20)10-24-17(21)12-7-3-4-9-14(12)25-2/h3-9H,10H2,1-2H3,(H,18,20). The van der Waals surface area contributed by atoms with Crippen molar-refractivity contribution in [2.45, 2.75) is 11.8 Å². The van der Waals surface area contributed by atoms with Gasteiger partial charge in [0.15, 0.2) is 6.61 Å². The molecule has 1 N–H and O–H groups in total. The van der Waals surface area contributed by atoms with E-state index >= 15 is 0 Å². The van der Waals surface area contributed by atoms with Gasteiger partial charge in [0.05, 0.1) is 10.5 Å². The molecule has 0 bridgehead atoms. The van der Waals surface area contributed by atoms with Gasteiger partial charge in [0.1, 0.15) is 5.69 Å². The van der Waals surface area contributed by atoms with Crippen LogP contribution in [0.2, 0.25) is 0 Å². The summed E-state index contributed by atoms with van der Waals surface area (Å²) < 4.78 is 5.01. The lowest BCUT2D eigenvalue weighted by Gasteiger charge is -2.10. The molecule has 0 spiro atoms. The van der Waals surface area contributed by atoms with Crippen LogP contribution >= 0.6 is 11.8 Å². The third-order valence-corrected chi connectivity index (χ3v) is 4.17. The molecular formula is C17H16N2O5S. The highest BCUT2D eigenvalue weighted by molar-refractivity contribution is 7.98. The van der Waals surface area contributed by atoms with Gasteiger partial charge in [-0.15, -0.1) is 11.8 Å². The third kappa shape index (κ3) is 4.57. The highest BCUT2D eigenvalue weighted by Crippen LogP contribution is 2.27. The second-order valence-corrected chi connectivity index (χ2v) is 5.90. The molecule has 0 aliphatic rings. The van der Waals surface area contributed by atoms with Crippen molar-refractivity contribution in [2.75, 3.05) is 18.2 Å². The number of aryl methyl sites for hydroxylation is 1. The molecule has 0 atom stereocenters. The highest BCUT2D eigenvalue weighted by atomic mass is 32.2. The molecule has 2 aromatic rings. The van der Waals surface area contributed by atoms with Crippen molar-refractivity contribution in [2.24, 2.45) is 0 Å². The van der Waals surface area contributed by atoms with Crippen LogP contribution in [0.15, 0.2) is 47.4 Å². The van der Waals surface area contributed by atoms with Crippen molar-refractivity contribution >= 4 is 35.0 Å². The summed E-state index contributed by atoms with van der Waals surface area (Å²) >= 11 is 1.39. The number of esters is 1. The number of carbonyl (C=O) groups is 2. The second-order valence-electron chi connectivity index (χ2n) is 5.05. The number of nitro groups is 1. The summed E-state index contributed by atoms with van der Waals surface area (Å²) in [7, 11) is 0. The molecule has 0 aliphatic heterocycles. The van der Waals surface area contributed by atoms with E-state index in [0.717, 1.165) is 4.90 Å². The van der Waals surface area contributed by atoms with Crippen LogP contribution in [-0.4, -0.2) is 29.7 Å². The van der Waals surface area contributed by atoms with E-state index in [1.54, 1.807) is 37.3 Å². The molecule has 25 heavy (non-hydrogen) atoms. The zero-order chi connectivity index (χ0) is 18.4. The number of amides is 1. The smallest absolute Gasteiger partial charge is 0.339 e. The van der Waals surface area contributed by atoms with E-state index in [-0.39, 0.29) is 11.4 Å². The molecule has 2 rings (SSSR count). The monoisotopic (exact) mass is 360 g/mol. The summed E-state index contributed by atoms with van der Waals surface area (Å²) in [6, 6.07) is 11.4. The Bertz CT molecular complexity index is 822. The van der Waals surface area contributed by atoms with E-state index in [9.17, 15) is 19.7 Å². The van der Waals surface area contributed by atoms with Crippen molar-refractivity contribution in [3.05, 3.63) is 63.7 Å². The molecule has 0 aromatic heterocycles. The molecular weight excluding hydrogens is 344 g/mol. The molecule has 0 heterocycles. The number of hydrogen-bond acceptors (Lipinski definition) is 6. The predicted molar refractivity (Wildman–Crippen MR) is 95.0 cm³/mol. The fourth-order valence-electron chi connectivity index (χ4n) is 2.16. The Kier molecular flexibility index (Phi) is 6.13. The number of nitrogens with one attached hydrogen (secondary N) is 1. The van der Waals surface area contributed by atoms with Gasteiger partial charge >= 0.3 is 5.97 Å². The summed E-state index contributed by atoms with van der Waals surface area (Å²) in [5.41, 5.74) is 0.789. The summed E-state index contributed by atoms with van der Waals surface area (Å²) in [6.07, 6.45) is 1.83. The number of benzene rings is 2. The zero-order valence-electron chi connectivity index (χ0n) is 13.6. The van der Waals surface area contributed by atoms with Crippen LogP contribution < -0.4 is 5.32 Å². The molecule has 8 heteroatoms. The first-order chi connectivity index (χ1) is 11.9. The average Bonchev–Trinajstić information content (AvgIpc) is 2.61. The number of para-hydroxylation sites is 1. The molecule has 7 nitrogen and oxygen atoms in total. The van der Waals surface area contributed by atoms with Crippen molar-refractivity contribution in [3.63, 3.8) is 0 Å². The Balaban J connectivity index is 2.05. The number of anilines is 1. The minimum absolute atomic E-state index is 0.0954. The molecule has 0 radical (unpaired) electrons. The minimum atomic E-state index is -0.646. The van der Waals surface area contributed by atoms with Gasteiger partial charge in [0.25, 0.3) is 11.6 Å². The normalized spacial score (nSPS) is 10.2. The topological polar surface area (TPSA) is 98.5 Å². The maximum absolute atomic E-state index is 12.1. The summed E-state index contributed by atoms with van der Waals surface area (Å²) in [5.74, 6) is -1.27. The Hall–Kier alpha value is -2.87. The number of nitrogens with zero attached hydrogens (tertiary/aromatic N) is 1. The number of nitro benzene ring substituents is 1. The van der Waals surface area contributed by atoms with Crippen LogP contribution in [0.25, 0.3) is 0 Å². The number of rotatable bonds is 6. The van der Waals surface area contributed by atoms with Gasteiger partial charge in [-0.1, -0.05) is 24.3 Å². The number of carbonyl (C=O) groups excluding carboxylic acids is 2. The van der Waals surface area contributed by atoms with E-state index in [4.69, 9.17) is 4.74 Å². The Morgan fingerprint density at radius 1 is 1.20 bits per heavy atom. The molecule has 1 amide bonds. The number of hydrogen-bond donors (Lipinski definition) is 1. The molecule has 0 saturated heterocycles. The van der Waals surface area contributed by atoms with Crippen LogP contribution in [0.5, 0.6) is 0 Å². The van der Waals surface area contributed by atoms with Crippen molar-refractivity contribution in [1.29, 1.82) is 0 Å². The Labute approximate surface area is 148 Å². The summed E-state index contributed by atoms with van der Waals surface area (Å²) in [5, 5.41) is 13.5. The van der Waals surface area contributed by atoms with Gasteiger partial charge in [-0.05, 0) is 30.9 Å². The van der Waals surface area contributed by atoms with Gasteiger partial charge < -0.3 is 10.1 Å². The van der Waals surface area contributed by atoms with Gasteiger partial charge in [0, 0.05) is 11.0 Å². The van der Waals surface area contributed by atoms with Crippen LogP contribution in [0.3, 0.4) is 0 Å². The van der Waals surface area contributed by atoms with Crippen molar-refractivity contribution in [1.82, 2.24) is 0 Å². The van der Waals surface area contributed by atoms with Crippen molar-refractivity contribution in [3.8, 4) is 0 Å². The lowest BCUT2D eigenvalue weighted by Crippen LogP contribution is -2.22. The van der Waals surface area contributed by atoms with E-state index in [1.165, 1.54) is 23.9 Å². The molecule has 0 aliphatic carbocycles. The van der Waals surface area contributed by atoms with Crippen LogP contribution in [-0.2, 0) is 9.53 Å². The quantitative estimate of drug-likeness (QED) is 0.367. The lowest BCUT2D eigenvalue weighted by molar-refractivity contribution is -0.384. The van der Waals surface area contributed by atoms with E-state index < -0.39 is 23.4 Å². The van der Waals surface area contributed by atoms with Crippen molar-refractivity contribution < 1.29 is 19.2 Å². The first kappa shape index (κ1) is 18.5. The van der Waals surface area contributed by atoms with Gasteiger partial charge in [-0.2, -0.15) is 0 Å².